The second-order valence-corrected chi connectivity index (χ2v) is 6.85. The molecule has 3 aromatic rings. The molecule has 1 aliphatic rings. The van der Waals surface area contributed by atoms with Crippen molar-refractivity contribution >= 4 is 17.1 Å². The largest absolute Gasteiger partial charge is 0.508 e. The fourth-order valence-electron chi connectivity index (χ4n) is 3.52. The predicted molar refractivity (Wildman–Crippen MR) is 110 cm³/mol. The lowest BCUT2D eigenvalue weighted by Gasteiger charge is -2.16. The van der Waals surface area contributed by atoms with E-state index < -0.39 is 12.6 Å². The number of phenolic OH excluding ortho intramolecular Hbond substituents is 1. The van der Waals surface area contributed by atoms with Crippen molar-refractivity contribution in [2.24, 2.45) is 0 Å². The van der Waals surface area contributed by atoms with Crippen LogP contribution in [0.4, 0.5) is 4.39 Å². The number of aromatic hydroxyl groups is 1. The minimum atomic E-state index is -1.05. The second kappa shape index (κ2) is 8.29. The van der Waals surface area contributed by atoms with Crippen molar-refractivity contribution in [2.45, 2.75) is 6.42 Å². The highest BCUT2D eigenvalue weighted by Crippen LogP contribution is 2.41. The normalized spacial score (nSPS) is 13.2. The maximum atomic E-state index is 13.8. The Balaban J connectivity index is 1.85. The summed E-state index contributed by atoms with van der Waals surface area (Å²) in [5.41, 5.74) is 4.43. The molecule has 152 valence electrons. The van der Waals surface area contributed by atoms with E-state index in [-0.39, 0.29) is 11.6 Å². The molecule has 0 unspecified atom stereocenters. The van der Waals surface area contributed by atoms with Gasteiger partial charge in [0.2, 0.25) is 0 Å². The molecule has 0 aliphatic carbocycles. The fraction of sp³-hybridized carbons (Fsp3) is 0.125. The van der Waals surface area contributed by atoms with Crippen LogP contribution in [0.15, 0.2) is 66.7 Å². The first kappa shape index (κ1) is 19.5. The lowest BCUT2D eigenvalue weighted by molar-refractivity contribution is -0.139. The number of halogens is 1. The zero-order chi connectivity index (χ0) is 21.1. The van der Waals surface area contributed by atoms with E-state index in [1.54, 1.807) is 30.3 Å². The van der Waals surface area contributed by atoms with E-state index in [9.17, 15) is 14.3 Å². The Labute approximate surface area is 172 Å². The van der Waals surface area contributed by atoms with E-state index in [1.165, 1.54) is 12.1 Å². The van der Waals surface area contributed by atoms with Gasteiger partial charge in [0.15, 0.2) is 6.61 Å². The Bertz CT molecular complexity index is 1100. The van der Waals surface area contributed by atoms with Gasteiger partial charge in [-0.2, -0.15) is 0 Å². The SMILES string of the molecule is O=C(O)COc1ccc(C2=C(c3ccc(O)cc3)CCOc3cc(F)ccc32)cc1. The quantitative estimate of drug-likeness (QED) is 0.640. The monoisotopic (exact) mass is 406 g/mol. The number of fused-ring (bicyclic) bond motifs is 1. The summed E-state index contributed by atoms with van der Waals surface area (Å²) in [4.78, 5) is 10.7. The number of rotatable bonds is 5. The van der Waals surface area contributed by atoms with Crippen molar-refractivity contribution < 1.29 is 28.9 Å². The molecule has 0 radical (unpaired) electrons. The number of carbonyl (C=O) groups is 1. The summed E-state index contributed by atoms with van der Waals surface area (Å²) in [6.45, 7) is -0.0350. The zero-order valence-corrected chi connectivity index (χ0v) is 16.0. The first-order chi connectivity index (χ1) is 14.5. The Morgan fingerprint density at radius 1 is 1.00 bits per heavy atom. The van der Waals surface area contributed by atoms with Crippen LogP contribution in [0.3, 0.4) is 0 Å². The predicted octanol–water partition coefficient (Wildman–Crippen LogP) is 4.74. The van der Waals surface area contributed by atoms with Crippen molar-refractivity contribution in [1.29, 1.82) is 0 Å². The molecule has 1 heterocycles. The average Bonchev–Trinajstić information content (AvgIpc) is 2.92. The molecule has 2 N–H and O–H groups in total. The number of hydrogen-bond donors (Lipinski definition) is 2. The van der Waals surface area contributed by atoms with Crippen LogP contribution < -0.4 is 9.47 Å². The summed E-state index contributed by atoms with van der Waals surface area (Å²) in [6.07, 6.45) is 0.591. The van der Waals surface area contributed by atoms with Gasteiger partial charge in [0, 0.05) is 18.1 Å². The molecule has 1 aliphatic heterocycles. The summed E-state index contributed by atoms with van der Waals surface area (Å²) >= 11 is 0. The summed E-state index contributed by atoms with van der Waals surface area (Å²) in [6, 6.07) is 18.5. The maximum absolute atomic E-state index is 13.8. The Morgan fingerprint density at radius 2 is 1.70 bits per heavy atom. The Hall–Kier alpha value is -3.80. The van der Waals surface area contributed by atoms with Crippen molar-refractivity contribution in [3.05, 3.63) is 89.2 Å². The first-order valence-electron chi connectivity index (χ1n) is 9.41. The van der Waals surface area contributed by atoms with Crippen LogP contribution in [0.5, 0.6) is 17.2 Å². The van der Waals surface area contributed by atoms with Gasteiger partial charge >= 0.3 is 5.97 Å². The van der Waals surface area contributed by atoms with Crippen LogP contribution in [-0.4, -0.2) is 29.4 Å². The van der Waals surface area contributed by atoms with Crippen LogP contribution in [0.2, 0.25) is 0 Å². The lowest BCUT2D eigenvalue weighted by atomic mass is 9.88. The van der Waals surface area contributed by atoms with E-state index in [1.807, 2.05) is 24.3 Å². The molecule has 30 heavy (non-hydrogen) atoms. The van der Waals surface area contributed by atoms with Crippen LogP contribution in [-0.2, 0) is 4.79 Å². The van der Waals surface area contributed by atoms with Crippen molar-refractivity contribution in [1.82, 2.24) is 0 Å². The lowest BCUT2D eigenvalue weighted by Crippen LogP contribution is -2.09. The number of phenols is 1. The summed E-state index contributed by atoms with van der Waals surface area (Å²) < 4.78 is 24.9. The molecule has 0 fully saturated rings. The van der Waals surface area contributed by atoms with Crippen LogP contribution in [0.25, 0.3) is 11.1 Å². The van der Waals surface area contributed by atoms with Gasteiger partial charge in [0.05, 0.1) is 6.61 Å². The first-order valence-corrected chi connectivity index (χ1v) is 9.41. The van der Waals surface area contributed by atoms with Gasteiger partial charge in [0.25, 0.3) is 0 Å². The van der Waals surface area contributed by atoms with E-state index in [4.69, 9.17) is 14.6 Å². The Kier molecular flexibility index (Phi) is 5.39. The third kappa shape index (κ3) is 4.12. The highest BCUT2D eigenvalue weighted by molar-refractivity contribution is 6.00. The molecule has 0 saturated carbocycles. The molecule has 3 aromatic carbocycles. The third-order valence-electron chi connectivity index (χ3n) is 4.85. The number of aliphatic carboxylic acids is 1. The fourth-order valence-corrected chi connectivity index (χ4v) is 3.52. The highest BCUT2D eigenvalue weighted by Gasteiger charge is 2.21. The number of carboxylic acid groups (broad SMARTS) is 1. The van der Waals surface area contributed by atoms with Gasteiger partial charge in [-0.05, 0) is 58.7 Å². The van der Waals surface area contributed by atoms with Gasteiger partial charge in [0.1, 0.15) is 23.1 Å². The molecule has 0 amide bonds. The minimum absolute atomic E-state index is 0.174. The highest BCUT2D eigenvalue weighted by atomic mass is 19.1. The molecule has 0 aromatic heterocycles. The molecular weight excluding hydrogens is 387 g/mol. The summed E-state index contributed by atoms with van der Waals surface area (Å²) in [5, 5.41) is 18.4. The van der Waals surface area contributed by atoms with Crippen LogP contribution >= 0.6 is 0 Å². The molecule has 0 saturated heterocycles. The number of carboxylic acids is 1. The molecule has 6 heteroatoms. The molecule has 4 rings (SSSR count). The maximum Gasteiger partial charge on any atom is 0.341 e. The van der Waals surface area contributed by atoms with Crippen molar-refractivity contribution in [3.63, 3.8) is 0 Å². The van der Waals surface area contributed by atoms with E-state index in [0.717, 1.165) is 27.8 Å². The van der Waals surface area contributed by atoms with Crippen LogP contribution in [0.1, 0.15) is 23.1 Å². The molecule has 0 atom stereocenters. The van der Waals surface area contributed by atoms with Crippen LogP contribution in [0, 0.1) is 5.82 Å². The van der Waals surface area contributed by atoms with Gasteiger partial charge in [-0.25, -0.2) is 9.18 Å². The average molecular weight is 406 g/mol. The summed E-state index contributed by atoms with van der Waals surface area (Å²) in [7, 11) is 0. The van der Waals surface area contributed by atoms with Gasteiger partial charge < -0.3 is 19.7 Å². The number of hydrogen-bond acceptors (Lipinski definition) is 4. The molecular formula is C24H19FO5. The minimum Gasteiger partial charge on any atom is -0.508 e. The standard InChI is InChI=1S/C24H19FO5/c25-17-5-10-21-22(13-17)29-12-11-20(15-1-6-18(26)7-2-15)24(21)16-3-8-19(9-4-16)30-14-23(27)28/h1-10,13,26H,11-12,14H2,(H,27,28). The van der Waals surface area contributed by atoms with Gasteiger partial charge in [-0.15, -0.1) is 0 Å². The molecule has 0 bridgehead atoms. The van der Waals surface area contributed by atoms with E-state index >= 15 is 0 Å². The van der Waals surface area contributed by atoms with Gasteiger partial charge in [-0.3, -0.25) is 0 Å². The van der Waals surface area contributed by atoms with Crippen molar-refractivity contribution in [3.8, 4) is 17.2 Å². The molecule has 0 spiro atoms. The third-order valence-corrected chi connectivity index (χ3v) is 4.85. The number of benzene rings is 3. The van der Waals surface area contributed by atoms with E-state index in [2.05, 4.69) is 0 Å². The second-order valence-electron chi connectivity index (χ2n) is 6.85. The van der Waals surface area contributed by atoms with Crippen molar-refractivity contribution in [2.75, 3.05) is 13.2 Å². The molecule has 5 nitrogen and oxygen atoms in total. The number of ether oxygens (including phenoxy) is 2. The van der Waals surface area contributed by atoms with E-state index in [0.29, 0.717) is 24.5 Å². The Morgan fingerprint density at radius 3 is 2.40 bits per heavy atom. The topological polar surface area (TPSA) is 76.0 Å². The summed E-state index contributed by atoms with van der Waals surface area (Å²) in [5.74, 6) is -0.345. The zero-order valence-electron chi connectivity index (χ0n) is 16.0. The van der Waals surface area contributed by atoms with Gasteiger partial charge in [-0.1, -0.05) is 24.3 Å². The smallest absolute Gasteiger partial charge is 0.341 e.